The van der Waals surface area contributed by atoms with Crippen molar-refractivity contribution in [3.8, 4) is 11.4 Å². The molecule has 3 rings (SSSR count). The van der Waals surface area contributed by atoms with Gasteiger partial charge in [-0.2, -0.15) is 4.98 Å². The van der Waals surface area contributed by atoms with Gasteiger partial charge in [0.1, 0.15) is 5.82 Å². The van der Waals surface area contributed by atoms with Crippen LogP contribution < -0.4 is 11.0 Å². The first-order valence-corrected chi connectivity index (χ1v) is 8.33. The molecule has 0 aliphatic heterocycles. The standard InChI is InChI=1S/C19H19N5O2/c1-14(25)22-18-8-12-24(19(26)23-18)11-4-5-15-7-10-21-17(13-15)16-6-2-3-9-20-16/h2-3,6-10,12-13H,4-5,11H2,1H3,(H,22,23,25,26). The van der Waals surface area contributed by atoms with Crippen molar-refractivity contribution < 1.29 is 4.79 Å². The average molecular weight is 349 g/mol. The highest BCUT2D eigenvalue weighted by atomic mass is 16.2. The summed E-state index contributed by atoms with van der Waals surface area (Å²) in [7, 11) is 0. The van der Waals surface area contributed by atoms with E-state index in [9.17, 15) is 9.59 Å². The lowest BCUT2D eigenvalue weighted by Gasteiger charge is -2.07. The Morgan fingerprint density at radius 2 is 1.96 bits per heavy atom. The topological polar surface area (TPSA) is 89.8 Å². The molecule has 0 aliphatic rings. The molecule has 0 aromatic carbocycles. The fraction of sp³-hybridized carbons (Fsp3) is 0.211. The van der Waals surface area contributed by atoms with Crippen LogP contribution in [0.15, 0.2) is 59.8 Å². The van der Waals surface area contributed by atoms with Crippen molar-refractivity contribution in [2.75, 3.05) is 5.32 Å². The molecule has 0 saturated carbocycles. The number of aromatic nitrogens is 4. The first-order valence-electron chi connectivity index (χ1n) is 8.33. The third-order valence-corrected chi connectivity index (χ3v) is 3.79. The maximum absolute atomic E-state index is 12.0. The highest BCUT2D eigenvalue weighted by Gasteiger charge is 2.04. The third-order valence-electron chi connectivity index (χ3n) is 3.79. The fourth-order valence-electron chi connectivity index (χ4n) is 2.59. The minimum atomic E-state index is -0.375. The van der Waals surface area contributed by atoms with Gasteiger partial charge < -0.3 is 5.32 Å². The van der Waals surface area contributed by atoms with Crippen molar-refractivity contribution in [1.29, 1.82) is 0 Å². The molecule has 3 aromatic heterocycles. The first kappa shape index (κ1) is 17.5. The largest absolute Gasteiger partial charge is 0.349 e. The molecule has 0 atom stereocenters. The van der Waals surface area contributed by atoms with E-state index in [4.69, 9.17) is 0 Å². The van der Waals surface area contributed by atoms with Crippen LogP contribution in [0.2, 0.25) is 0 Å². The minimum Gasteiger partial charge on any atom is -0.311 e. The molecule has 7 heteroatoms. The number of carbonyl (C=O) groups is 1. The number of hydrogen-bond acceptors (Lipinski definition) is 5. The third kappa shape index (κ3) is 4.60. The predicted molar refractivity (Wildman–Crippen MR) is 98.6 cm³/mol. The Morgan fingerprint density at radius 1 is 1.12 bits per heavy atom. The van der Waals surface area contributed by atoms with E-state index in [0.29, 0.717) is 6.54 Å². The molecular weight excluding hydrogens is 330 g/mol. The van der Waals surface area contributed by atoms with Gasteiger partial charge in [0, 0.05) is 32.1 Å². The molecule has 0 unspecified atom stereocenters. The quantitative estimate of drug-likeness (QED) is 0.737. The van der Waals surface area contributed by atoms with Crippen LogP contribution in [0.4, 0.5) is 5.82 Å². The molecule has 0 saturated heterocycles. The molecule has 26 heavy (non-hydrogen) atoms. The lowest BCUT2D eigenvalue weighted by atomic mass is 10.1. The Labute approximate surface area is 150 Å². The van der Waals surface area contributed by atoms with Gasteiger partial charge in [0.05, 0.1) is 11.4 Å². The second kappa shape index (κ2) is 8.15. The Hall–Kier alpha value is -3.35. The van der Waals surface area contributed by atoms with Crippen molar-refractivity contribution in [2.45, 2.75) is 26.3 Å². The summed E-state index contributed by atoms with van der Waals surface area (Å²) < 4.78 is 1.53. The number of nitrogens with zero attached hydrogens (tertiary/aromatic N) is 4. The summed E-state index contributed by atoms with van der Waals surface area (Å²) in [6, 6.07) is 11.3. The van der Waals surface area contributed by atoms with Crippen LogP contribution in [-0.4, -0.2) is 25.4 Å². The molecule has 132 valence electrons. The maximum atomic E-state index is 12.0. The summed E-state index contributed by atoms with van der Waals surface area (Å²) in [5.74, 6) is 0.0175. The molecule has 0 bridgehead atoms. The lowest BCUT2D eigenvalue weighted by molar-refractivity contribution is -0.114. The van der Waals surface area contributed by atoms with E-state index >= 15 is 0 Å². The van der Waals surface area contributed by atoms with Gasteiger partial charge in [-0.05, 0) is 48.7 Å². The summed E-state index contributed by atoms with van der Waals surface area (Å²) in [6.07, 6.45) is 6.75. The fourth-order valence-corrected chi connectivity index (χ4v) is 2.59. The van der Waals surface area contributed by atoms with E-state index in [1.165, 1.54) is 11.5 Å². The maximum Gasteiger partial charge on any atom is 0.349 e. The van der Waals surface area contributed by atoms with E-state index < -0.39 is 0 Å². The normalized spacial score (nSPS) is 10.5. The Morgan fingerprint density at radius 3 is 2.69 bits per heavy atom. The van der Waals surface area contributed by atoms with Crippen LogP contribution in [0.1, 0.15) is 18.9 Å². The SMILES string of the molecule is CC(=O)Nc1ccn(CCCc2ccnc(-c3ccccn3)c2)c(=O)n1. The van der Waals surface area contributed by atoms with Crippen molar-refractivity contribution in [1.82, 2.24) is 19.5 Å². The molecule has 0 fully saturated rings. The number of hydrogen-bond donors (Lipinski definition) is 1. The lowest BCUT2D eigenvalue weighted by Crippen LogP contribution is -2.24. The van der Waals surface area contributed by atoms with Crippen LogP contribution in [0.5, 0.6) is 0 Å². The van der Waals surface area contributed by atoms with Crippen LogP contribution in [0, 0.1) is 0 Å². The zero-order valence-electron chi connectivity index (χ0n) is 14.4. The van der Waals surface area contributed by atoms with Gasteiger partial charge >= 0.3 is 5.69 Å². The number of carbonyl (C=O) groups excluding carboxylic acids is 1. The van der Waals surface area contributed by atoms with E-state index in [0.717, 1.165) is 29.8 Å². The monoisotopic (exact) mass is 349 g/mol. The molecule has 3 heterocycles. The second-order valence-electron chi connectivity index (χ2n) is 5.84. The minimum absolute atomic E-state index is 0.254. The highest BCUT2D eigenvalue weighted by molar-refractivity contribution is 5.87. The predicted octanol–water partition coefficient (Wildman–Crippen LogP) is 2.29. The summed E-state index contributed by atoms with van der Waals surface area (Å²) in [5, 5.41) is 2.50. The van der Waals surface area contributed by atoms with Gasteiger partial charge in [-0.15, -0.1) is 0 Å². The second-order valence-corrected chi connectivity index (χ2v) is 5.84. The summed E-state index contributed by atoms with van der Waals surface area (Å²) in [4.78, 5) is 35.5. The van der Waals surface area contributed by atoms with Crippen molar-refractivity contribution in [2.24, 2.45) is 0 Å². The van der Waals surface area contributed by atoms with Crippen molar-refractivity contribution in [3.63, 3.8) is 0 Å². The van der Waals surface area contributed by atoms with Gasteiger partial charge in [-0.1, -0.05) is 6.07 Å². The zero-order valence-corrected chi connectivity index (χ0v) is 14.4. The number of pyridine rings is 2. The van der Waals surface area contributed by atoms with E-state index in [2.05, 4.69) is 20.3 Å². The number of aryl methyl sites for hydroxylation is 2. The summed E-state index contributed by atoms with van der Waals surface area (Å²) in [5.41, 5.74) is 2.43. The number of anilines is 1. The van der Waals surface area contributed by atoms with Gasteiger partial charge in [-0.25, -0.2) is 4.79 Å². The molecule has 7 nitrogen and oxygen atoms in total. The Balaban J connectivity index is 1.62. The average Bonchev–Trinajstić information content (AvgIpc) is 2.64. The molecule has 0 aliphatic carbocycles. The van der Waals surface area contributed by atoms with Crippen LogP contribution in [-0.2, 0) is 17.8 Å². The molecule has 1 amide bonds. The number of nitrogens with one attached hydrogen (secondary N) is 1. The van der Waals surface area contributed by atoms with Crippen LogP contribution in [0.3, 0.4) is 0 Å². The summed E-state index contributed by atoms with van der Waals surface area (Å²) in [6.45, 7) is 1.93. The summed E-state index contributed by atoms with van der Waals surface area (Å²) >= 11 is 0. The zero-order chi connectivity index (χ0) is 18.4. The number of rotatable bonds is 6. The molecule has 0 spiro atoms. The Bertz CT molecular complexity index is 953. The molecule has 3 aromatic rings. The molecule has 1 N–H and O–H groups in total. The van der Waals surface area contributed by atoms with E-state index in [1.807, 2.05) is 30.3 Å². The van der Waals surface area contributed by atoms with Crippen molar-refractivity contribution >= 4 is 11.7 Å². The van der Waals surface area contributed by atoms with Crippen molar-refractivity contribution in [3.05, 3.63) is 71.0 Å². The highest BCUT2D eigenvalue weighted by Crippen LogP contribution is 2.15. The van der Waals surface area contributed by atoms with Gasteiger partial charge in [0.2, 0.25) is 5.91 Å². The van der Waals surface area contributed by atoms with E-state index in [-0.39, 0.29) is 17.4 Å². The van der Waals surface area contributed by atoms with Crippen LogP contribution >= 0.6 is 0 Å². The van der Waals surface area contributed by atoms with Gasteiger partial charge in [0.15, 0.2) is 0 Å². The molecular formula is C19H19N5O2. The smallest absolute Gasteiger partial charge is 0.311 e. The first-order chi connectivity index (χ1) is 12.6. The van der Waals surface area contributed by atoms with Crippen LogP contribution in [0.25, 0.3) is 11.4 Å². The van der Waals surface area contributed by atoms with Gasteiger partial charge in [-0.3, -0.25) is 19.3 Å². The number of amides is 1. The van der Waals surface area contributed by atoms with E-state index in [1.54, 1.807) is 24.7 Å². The Kier molecular flexibility index (Phi) is 5.48. The van der Waals surface area contributed by atoms with Gasteiger partial charge in [0.25, 0.3) is 0 Å². The molecule has 0 radical (unpaired) electrons.